The highest BCUT2D eigenvalue weighted by Crippen LogP contribution is 2.19. The van der Waals surface area contributed by atoms with Gasteiger partial charge in [0.05, 0.1) is 0 Å². The first-order chi connectivity index (χ1) is 10.1. The molecule has 0 atom stereocenters. The Morgan fingerprint density at radius 2 is 1.86 bits per heavy atom. The summed E-state index contributed by atoms with van der Waals surface area (Å²) in [6, 6.07) is 7.92. The van der Waals surface area contributed by atoms with Crippen LogP contribution in [0, 0.1) is 0 Å². The molecule has 0 saturated heterocycles. The molecule has 21 heavy (non-hydrogen) atoms. The zero-order chi connectivity index (χ0) is 15.5. The van der Waals surface area contributed by atoms with Crippen molar-refractivity contribution in [3.63, 3.8) is 0 Å². The fraction of sp³-hybridized carbons (Fsp3) is 0.533. The van der Waals surface area contributed by atoms with E-state index >= 15 is 0 Å². The number of thioether (sulfide) groups is 1. The Balaban J connectivity index is 2.13. The van der Waals surface area contributed by atoms with E-state index < -0.39 is 0 Å². The lowest BCUT2D eigenvalue weighted by Gasteiger charge is -2.13. The second-order valence-corrected chi connectivity index (χ2v) is 6.49. The molecule has 0 aliphatic carbocycles. The van der Waals surface area contributed by atoms with Crippen molar-refractivity contribution in [1.82, 2.24) is 15.5 Å². The number of guanidine groups is 1. The van der Waals surface area contributed by atoms with E-state index in [1.54, 1.807) is 18.8 Å². The van der Waals surface area contributed by atoms with Crippen LogP contribution in [0.2, 0.25) is 5.02 Å². The number of nitrogens with zero attached hydrogens (tertiary/aromatic N) is 2. The number of halogens is 1. The van der Waals surface area contributed by atoms with Crippen LogP contribution in [0.4, 0.5) is 0 Å². The highest BCUT2D eigenvalue weighted by Gasteiger charge is 1.98. The summed E-state index contributed by atoms with van der Waals surface area (Å²) in [5, 5.41) is 7.41. The Morgan fingerprint density at radius 1 is 1.19 bits per heavy atom. The summed E-state index contributed by atoms with van der Waals surface area (Å²) in [5.41, 5.74) is 0. The van der Waals surface area contributed by atoms with Crippen LogP contribution in [0.15, 0.2) is 34.2 Å². The Kier molecular flexibility index (Phi) is 9.30. The molecular weight excluding hydrogens is 304 g/mol. The summed E-state index contributed by atoms with van der Waals surface area (Å²) in [4.78, 5) is 7.63. The predicted molar refractivity (Wildman–Crippen MR) is 94.7 cm³/mol. The van der Waals surface area contributed by atoms with Crippen LogP contribution in [0.1, 0.15) is 6.42 Å². The second-order valence-electron chi connectivity index (χ2n) is 4.88. The smallest absolute Gasteiger partial charge is 0.191 e. The maximum atomic E-state index is 5.86. The lowest BCUT2D eigenvalue weighted by molar-refractivity contribution is 0.399. The molecule has 0 heterocycles. The van der Waals surface area contributed by atoms with Crippen LogP contribution in [0.5, 0.6) is 0 Å². The first-order valence-electron chi connectivity index (χ1n) is 7.09. The summed E-state index contributed by atoms with van der Waals surface area (Å²) in [6.07, 6.45) is 1.10. The third kappa shape index (κ3) is 8.86. The minimum Gasteiger partial charge on any atom is -0.356 e. The van der Waals surface area contributed by atoms with Gasteiger partial charge in [0.1, 0.15) is 0 Å². The summed E-state index contributed by atoms with van der Waals surface area (Å²) in [5.74, 6) is 1.85. The SMILES string of the molecule is CN=C(NCCCN(C)C)NCCSc1ccc(Cl)cc1. The minimum absolute atomic E-state index is 0.778. The molecular formula is C15H25ClN4S. The highest BCUT2D eigenvalue weighted by atomic mass is 35.5. The largest absolute Gasteiger partial charge is 0.356 e. The van der Waals surface area contributed by atoms with E-state index in [2.05, 4.69) is 34.6 Å². The quantitative estimate of drug-likeness (QED) is 0.333. The number of hydrogen-bond donors (Lipinski definition) is 2. The fourth-order valence-electron chi connectivity index (χ4n) is 1.69. The van der Waals surface area contributed by atoms with Gasteiger partial charge < -0.3 is 15.5 Å². The molecule has 1 aromatic carbocycles. The van der Waals surface area contributed by atoms with E-state index in [1.807, 2.05) is 24.3 Å². The van der Waals surface area contributed by atoms with Crippen molar-refractivity contribution in [2.75, 3.05) is 46.5 Å². The first kappa shape index (κ1) is 18.1. The van der Waals surface area contributed by atoms with Gasteiger partial charge in [0.15, 0.2) is 5.96 Å². The van der Waals surface area contributed by atoms with E-state index in [-0.39, 0.29) is 0 Å². The molecule has 0 spiro atoms. The number of rotatable bonds is 8. The van der Waals surface area contributed by atoms with Crippen molar-refractivity contribution in [2.24, 2.45) is 4.99 Å². The number of aliphatic imine (C=N–C) groups is 1. The molecule has 0 radical (unpaired) electrons. The fourth-order valence-corrected chi connectivity index (χ4v) is 2.59. The van der Waals surface area contributed by atoms with Crippen LogP contribution < -0.4 is 10.6 Å². The Bertz CT molecular complexity index is 420. The third-order valence-electron chi connectivity index (χ3n) is 2.78. The molecule has 4 nitrogen and oxygen atoms in total. The van der Waals surface area contributed by atoms with Crippen molar-refractivity contribution in [2.45, 2.75) is 11.3 Å². The summed E-state index contributed by atoms with van der Waals surface area (Å²) in [6.45, 7) is 2.89. The molecule has 0 fully saturated rings. The van der Waals surface area contributed by atoms with Crippen molar-refractivity contribution >= 4 is 29.3 Å². The van der Waals surface area contributed by atoms with E-state index in [4.69, 9.17) is 11.6 Å². The van der Waals surface area contributed by atoms with Crippen molar-refractivity contribution in [1.29, 1.82) is 0 Å². The number of benzene rings is 1. The number of nitrogens with one attached hydrogen (secondary N) is 2. The number of hydrogen-bond acceptors (Lipinski definition) is 3. The van der Waals surface area contributed by atoms with Crippen LogP contribution in [-0.2, 0) is 0 Å². The summed E-state index contributed by atoms with van der Waals surface area (Å²) >= 11 is 7.67. The Morgan fingerprint density at radius 3 is 2.48 bits per heavy atom. The molecule has 0 bridgehead atoms. The van der Waals surface area contributed by atoms with Gasteiger partial charge in [0, 0.05) is 35.8 Å². The molecule has 1 rings (SSSR count). The standard InChI is InChI=1S/C15H25ClN4S/c1-17-15(18-9-4-11-20(2)3)19-10-12-21-14-7-5-13(16)6-8-14/h5-8H,4,9-12H2,1-3H3,(H2,17,18,19). The van der Waals surface area contributed by atoms with E-state index in [9.17, 15) is 0 Å². The van der Waals surface area contributed by atoms with Gasteiger partial charge in [-0.15, -0.1) is 11.8 Å². The van der Waals surface area contributed by atoms with Crippen LogP contribution in [0.3, 0.4) is 0 Å². The monoisotopic (exact) mass is 328 g/mol. The molecule has 2 N–H and O–H groups in total. The van der Waals surface area contributed by atoms with Crippen molar-refractivity contribution in [3.8, 4) is 0 Å². The molecule has 0 unspecified atom stereocenters. The van der Waals surface area contributed by atoms with E-state index in [0.717, 1.165) is 42.8 Å². The van der Waals surface area contributed by atoms with Crippen LogP contribution in [0.25, 0.3) is 0 Å². The molecule has 1 aromatic rings. The average Bonchev–Trinajstić information content (AvgIpc) is 2.47. The lowest BCUT2D eigenvalue weighted by Crippen LogP contribution is -2.39. The molecule has 0 aliphatic heterocycles. The van der Waals surface area contributed by atoms with Gasteiger partial charge in [-0.05, 0) is 51.3 Å². The van der Waals surface area contributed by atoms with E-state index in [0.29, 0.717) is 0 Å². The molecule has 6 heteroatoms. The first-order valence-corrected chi connectivity index (χ1v) is 8.46. The normalized spacial score (nSPS) is 11.8. The maximum absolute atomic E-state index is 5.86. The topological polar surface area (TPSA) is 39.7 Å². The predicted octanol–water partition coefficient (Wildman–Crippen LogP) is 2.55. The van der Waals surface area contributed by atoms with Gasteiger partial charge >= 0.3 is 0 Å². The molecule has 0 aliphatic rings. The lowest BCUT2D eigenvalue weighted by atomic mass is 10.4. The zero-order valence-corrected chi connectivity index (χ0v) is 14.6. The summed E-state index contributed by atoms with van der Waals surface area (Å²) in [7, 11) is 5.97. The third-order valence-corrected chi connectivity index (χ3v) is 4.04. The zero-order valence-electron chi connectivity index (χ0n) is 13.0. The van der Waals surface area contributed by atoms with Crippen molar-refractivity contribution in [3.05, 3.63) is 29.3 Å². The molecule has 0 amide bonds. The molecule has 0 saturated carbocycles. The van der Waals surface area contributed by atoms with Gasteiger partial charge in [-0.3, -0.25) is 4.99 Å². The van der Waals surface area contributed by atoms with Crippen LogP contribution in [-0.4, -0.2) is 57.4 Å². The van der Waals surface area contributed by atoms with Gasteiger partial charge in [-0.2, -0.15) is 0 Å². The van der Waals surface area contributed by atoms with Gasteiger partial charge in [-0.25, -0.2) is 0 Å². The highest BCUT2D eigenvalue weighted by molar-refractivity contribution is 7.99. The van der Waals surface area contributed by atoms with Gasteiger partial charge in [0.25, 0.3) is 0 Å². The van der Waals surface area contributed by atoms with Gasteiger partial charge in [-0.1, -0.05) is 11.6 Å². The Labute approximate surface area is 137 Å². The van der Waals surface area contributed by atoms with E-state index in [1.165, 1.54) is 4.90 Å². The van der Waals surface area contributed by atoms with Crippen LogP contribution >= 0.6 is 23.4 Å². The average molecular weight is 329 g/mol. The van der Waals surface area contributed by atoms with Crippen molar-refractivity contribution < 1.29 is 0 Å². The summed E-state index contributed by atoms with van der Waals surface area (Å²) < 4.78 is 0. The maximum Gasteiger partial charge on any atom is 0.191 e. The Hall–Kier alpha value is -0.910. The second kappa shape index (κ2) is 10.8. The molecule has 0 aromatic heterocycles. The van der Waals surface area contributed by atoms with Gasteiger partial charge in [0.2, 0.25) is 0 Å². The minimum atomic E-state index is 0.778. The molecule has 118 valence electrons.